The molecule has 0 heterocycles. The minimum atomic E-state index is -0.0754. The summed E-state index contributed by atoms with van der Waals surface area (Å²) in [6, 6.07) is 0. The molecule has 15 heavy (non-hydrogen) atoms. The summed E-state index contributed by atoms with van der Waals surface area (Å²) in [5.74, 6) is -0.0754. The Kier molecular flexibility index (Phi) is 7.39. The molecule has 0 aromatic carbocycles. The highest BCUT2D eigenvalue weighted by atomic mass is 16.5. The quantitative estimate of drug-likeness (QED) is 0.500. The molecule has 0 aliphatic heterocycles. The van der Waals surface area contributed by atoms with Crippen LogP contribution in [0.1, 0.15) is 52.9 Å². The van der Waals surface area contributed by atoms with E-state index in [9.17, 15) is 4.79 Å². The number of hydrogen-bond acceptors (Lipinski definition) is 3. The molecule has 90 valence electrons. The molecule has 0 unspecified atom stereocenters. The molecule has 3 heteroatoms. The Hall–Kier alpha value is -0.570. The third-order valence-electron chi connectivity index (χ3n) is 2.59. The van der Waals surface area contributed by atoms with Gasteiger partial charge in [-0.1, -0.05) is 27.2 Å². The van der Waals surface area contributed by atoms with E-state index in [-0.39, 0.29) is 11.4 Å². The molecule has 0 rings (SSSR count). The topological polar surface area (TPSA) is 52.3 Å². The Balaban J connectivity index is 3.60. The van der Waals surface area contributed by atoms with Gasteiger partial charge in [-0.3, -0.25) is 4.79 Å². The number of esters is 1. The highest BCUT2D eigenvalue weighted by Gasteiger charge is 2.18. The lowest BCUT2D eigenvalue weighted by Crippen LogP contribution is -2.19. The minimum Gasteiger partial charge on any atom is -0.466 e. The molecule has 0 aliphatic rings. The van der Waals surface area contributed by atoms with Crippen LogP contribution in [0.25, 0.3) is 0 Å². The predicted octanol–water partition coefficient (Wildman–Crippen LogP) is 2.48. The second kappa shape index (κ2) is 7.69. The smallest absolute Gasteiger partial charge is 0.305 e. The number of unbranched alkanes of at least 4 members (excludes halogenated alkanes) is 1. The van der Waals surface area contributed by atoms with Crippen LogP contribution in [0.3, 0.4) is 0 Å². The summed E-state index contributed by atoms with van der Waals surface area (Å²) in [5, 5.41) is 0. The predicted molar refractivity (Wildman–Crippen MR) is 62.6 cm³/mol. The van der Waals surface area contributed by atoms with Crippen molar-refractivity contribution in [2.45, 2.75) is 52.9 Å². The lowest BCUT2D eigenvalue weighted by molar-refractivity contribution is -0.144. The van der Waals surface area contributed by atoms with Crippen LogP contribution in [0.2, 0.25) is 0 Å². The number of carbonyl (C=O) groups excluding carboxylic acids is 1. The SMILES string of the molecule is CCCCOC(=O)CCC(C)(C)CCN. The Bertz CT molecular complexity index is 178. The summed E-state index contributed by atoms with van der Waals surface area (Å²) >= 11 is 0. The number of rotatable bonds is 8. The van der Waals surface area contributed by atoms with Crippen molar-refractivity contribution in [2.75, 3.05) is 13.2 Å². The minimum absolute atomic E-state index is 0.0754. The van der Waals surface area contributed by atoms with Gasteiger partial charge in [0.05, 0.1) is 6.61 Å². The number of nitrogens with two attached hydrogens (primary N) is 1. The van der Waals surface area contributed by atoms with Crippen LogP contribution in [0.5, 0.6) is 0 Å². The van der Waals surface area contributed by atoms with E-state index >= 15 is 0 Å². The Morgan fingerprint density at radius 1 is 1.33 bits per heavy atom. The van der Waals surface area contributed by atoms with Gasteiger partial charge >= 0.3 is 5.97 Å². The highest BCUT2D eigenvalue weighted by Crippen LogP contribution is 2.25. The van der Waals surface area contributed by atoms with Gasteiger partial charge in [0.15, 0.2) is 0 Å². The highest BCUT2D eigenvalue weighted by molar-refractivity contribution is 5.69. The number of carbonyl (C=O) groups is 1. The largest absolute Gasteiger partial charge is 0.466 e. The van der Waals surface area contributed by atoms with E-state index in [1.54, 1.807) is 0 Å². The van der Waals surface area contributed by atoms with E-state index in [0.29, 0.717) is 19.6 Å². The molecule has 0 spiro atoms. The number of hydrogen-bond donors (Lipinski definition) is 1. The second-order valence-corrected chi connectivity index (χ2v) is 4.78. The van der Waals surface area contributed by atoms with Crippen molar-refractivity contribution in [3.8, 4) is 0 Å². The van der Waals surface area contributed by atoms with Gasteiger partial charge in [-0.2, -0.15) is 0 Å². The van der Waals surface area contributed by atoms with E-state index in [2.05, 4.69) is 20.8 Å². The first kappa shape index (κ1) is 14.4. The van der Waals surface area contributed by atoms with Gasteiger partial charge in [-0.25, -0.2) is 0 Å². The average molecular weight is 215 g/mol. The molecule has 0 bridgehead atoms. The summed E-state index contributed by atoms with van der Waals surface area (Å²) in [4.78, 5) is 11.3. The Labute approximate surface area is 93.4 Å². The summed E-state index contributed by atoms with van der Waals surface area (Å²) in [5.41, 5.74) is 5.65. The van der Waals surface area contributed by atoms with Crippen molar-refractivity contribution in [3.05, 3.63) is 0 Å². The third-order valence-corrected chi connectivity index (χ3v) is 2.59. The summed E-state index contributed by atoms with van der Waals surface area (Å²) < 4.78 is 5.09. The van der Waals surface area contributed by atoms with Gasteiger partial charge in [0.25, 0.3) is 0 Å². The fraction of sp³-hybridized carbons (Fsp3) is 0.917. The molecule has 0 saturated heterocycles. The van der Waals surface area contributed by atoms with Gasteiger partial charge in [0.2, 0.25) is 0 Å². The molecule has 0 radical (unpaired) electrons. The molecule has 0 aromatic rings. The first-order valence-corrected chi connectivity index (χ1v) is 5.87. The van der Waals surface area contributed by atoms with Gasteiger partial charge in [0, 0.05) is 6.42 Å². The van der Waals surface area contributed by atoms with E-state index in [0.717, 1.165) is 25.7 Å². The fourth-order valence-electron chi connectivity index (χ4n) is 1.36. The Morgan fingerprint density at radius 2 is 2.00 bits per heavy atom. The van der Waals surface area contributed by atoms with Crippen LogP contribution in [0.15, 0.2) is 0 Å². The van der Waals surface area contributed by atoms with E-state index in [1.807, 2.05) is 0 Å². The summed E-state index contributed by atoms with van der Waals surface area (Å²) in [7, 11) is 0. The maximum Gasteiger partial charge on any atom is 0.305 e. The van der Waals surface area contributed by atoms with Crippen LogP contribution in [0.4, 0.5) is 0 Å². The zero-order valence-corrected chi connectivity index (χ0v) is 10.3. The first-order chi connectivity index (χ1) is 7.02. The molecule has 0 fully saturated rings. The van der Waals surface area contributed by atoms with Crippen LogP contribution >= 0.6 is 0 Å². The molecular weight excluding hydrogens is 190 g/mol. The van der Waals surface area contributed by atoms with Gasteiger partial charge in [-0.05, 0) is 31.2 Å². The molecule has 3 nitrogen and oxygen atoms in total. The lowest BCUT2D eigenvalue weighted by Gasteiger charge is -2.22. The van der Waals surface area contributed by atoms with Crippen molar-refractivity contribution in [1.82, 2.24) is 0 Å². The normalized spacial score (nSPS) is 11.5. The molecule has 2 N–H and O–H groups in total. The standard InChI is InChI=1S/C12H25NO2/c1-4-5-10-15-11(14)6-7-12(2,3)8-9-13/h4-10,13H2,1-3H3. The lowest BCUT2D eigenvalue weighted by atomic mass is 9.84. The van der Waals surface area contributed by atoms with Crippen molar-refractivity contribution in [1.29, 1.82) is 0 Å². The average Bonchev–Trinajstić information content (AvgIpc) is 2.15. The summed E-state index contributed by atoms with van der Waals surface area (Å²) in [6.45, 7) is 7.60. The second-order valence-electron chi connectivity index (χ2n) is 4.78. The molecule has 0 aromatic heterocycles. The maximum atomic E-state index is 11.3. The molecule has 0 saturated carbocycles. The monoisotopic (exact) mass is 215 g/mol. The van der Waals surface area contributed by atoms with Gasteiger partial charge < -0.3 is 10.5 Å². The first-order valence-electron chi connectivity index (χ1n) is 5.87. The molecule has 0 amide bonds. The van der Waals surface area contributed by atoms with Crippen molar-refractivity contribution in [3.63, 3.8) is 0 Å². The third kappa shape index (κ3) is 8.43. The van der Waals surface area contributed by atoms with Crippen molar-refractivity contribution < 1.29 is 9.53 Å². The molecular formula is C12H25NO2. The molecule has 0 aliphatic carbocycles. The zero-order valence-electron chi connectivity index (χ0n) is 10.3. The van der Waals surface area contributed by atoms with Crippen LogP contribution < -0.4 is 5.73 Å². The fourth-order valence-corrected chi connectivity index (χ4v) is 1.36. The van der Waals surface area contributed by atoms with E-state index < -0.39 is 0 Å². The zero-order chi connectivity index (χ0) is 11.7. The van der Waals surface area contributed by atoms with E-state index in [4.69, 9.17) is 10.5 Å². The van der Waals surface area contributed by atoms with Gasteiger partial charge in [-0.15, -0.1) is 0 Å². The number of ether oxygens (including phenoxy) is 1. The Morgan fingerprint density at radius 3 is 2.53 bits per heavy atom. The van der Waals surface area contributed by atoms with Crippen LogP contribution in [-0.2, 0) is 9.53 Å². The summed E-state index contributed by atoms with van der Waals surface area (Å²) in [6.07, 6.45) is 4.34. The molecule has 0 atom stereocenters. The van der Waals surface area contributed by atoms with E-state index in [1.165, 1.54) is 0 Å². The van der Waals surface area contributed by atoms with Crippen LogP contribution in [-0.4, -0.2) is 19.1 Å². The van der Waals surface area contributed by atoms with Crippen LogP contribution in [0, 0.1) is 5.41 Å². The van der Waals surface area contributed by atoms with Crippen molar-refractivity contribution >= 4 is 5.97 Å². The van der Waals surface area contributed by atoms with Gasteiger partial charge in [0.1, 0.15) is 0 Å². The van der Waals surface area contributed by atoms with Crippen molar-refractivity contribution in [2.24, 2.45) is 11.1 Å². The maximum absolute atomic E-state index is 11.3.